The number of rotatable bonds is 0. The lowest BCUT2D eigenvalue weighted by Crippen LogP contribution is -2.18. The first-order valence-corrected chi connectivity index (χ1v) is 5.62. The minimum Gasteiger partial charge on any atom is -0.0879 e. The fraction of sp³-hybridized carbons (Fsp3) is 0.833. The van der Waals surface area contributed by atoms with E-state index in [4.69, 9.17) is 0 Å². The molecule has 0 spiro atoms. The molecule has 0 aliphatic heterocycles. The molecule has 3 aliphatic rings. The lowest BCUT2D eigenvalue weighted by Gasteiger charge is -2.28. The van der Waals surface area contributed by atoms with Crippen molar-refractivity contribution in [3.8, 4) is 0 Å². The van der Waals surface area contributed by atoms with Gasteiger partial charge in [-0.15, -0.1) is 0 Å². The van der Waals surface area contributed by atoms with Gasteiger partial charge in [-0.2, -0.15) is 0 Å². The normalized spacial score (nSPS) is 50.7. The lowest BCUT2D eigenvalue weighted by molar-refractivity contribution is 0.227. The summed E-state index contributed by atoms with van der Waals surface area (Å²) >= 11 is 0. The van der Waals surface area contributed by atoms with Gasteiger partial charge in [0.1, 0.15) is 0 Å². The summed E-state index contributed by atoms with van der Waals surface area (Å²) < 4.78 is 0. The summed E-state index contributed by atoms with van der Waals surface area (Å²) in [5.41, 5.74) is 0. The van der Waals surface area contributed by atoms with Crippen molar-refractivity contribution < 1.29 is 0 Å². The standard InChI is InChI=1S/C12H18/c1-2-6-11-9(4-1)8-10-5-3-7-12(10)11/h3,5,9-12H,1-2,4,6-8H2. The zero-order chi connectivity index (χ0) is 7.97. The Morgan fingerprint density at radius 2 is 1.92 bits per heavy atom. The van der Waals surface area contributed by atoms with Gasteiger partial charge in [0, 0.05) is 0 Å². The minimum atomic E-state index is 0.998. The zero-order valence-electron chi connectivity index (χ0n) is 7.71. The van der Waals surface area contributed by atoms with Crippen LogP contribution in [0.5, 0.6) is 0 Å². The molecule has 2 saturated carbocycles. The molecule has 0 heterocycles. The van der Waals surface area contributed by atoms with Gasteiger partial charge in [0.05, 0.1) is 0 Å². The summed E-state index contributed by atoms with van der Waals surface area (Å²) in [4.78, 5) is 0. The van der Waals surface area contributed by atoms with Crippen molar-refractivity contribution >= 4 is 0 Å². The highest BCUT2D eigenvalue weighted by Gasteiger charge is 2.43. The monoisotopic (exact) mass is 162 g/mol. The van der Waals surface area contributed by atoms with Crippen LogP contribution < -0.4 is 0 Å². The van der Waals surface area contributed by atoms with E-state index in [0.717, 1.165) is 23.7 Å². The van der Waals surface area contributed by atoms with E-state index in [1.165, 1.54) is 25.7 Å². The Kier molecular flexibility index (Phi) is 1.56. The lowest BCUT2D eigenvalue weighted by atomic mass is 9.77. The molecule has 0 N–H and O–H groups in total. The van der Waals surface area contributed by atoms with E-state index in [1.54, 1.807) is 12.8 Å². The number of allylic oxidation sites excluding steroid dienone is 2. The van der Waals surface area contributed by atoms with Crippen LogP contribution in [-0.2, 0) is 0 Å². The first kappa shape index (κ1) is 7.17. The van der Waals surface area contributed by atoms with Crippen molar-refractivity contribution in [3.05, 3.63) is 12.2 Å². The SMILES string of the molecule is C1=CC2CC3CCCCC3C2C1. The second-order valence-electron chi connectivity index (χ2n) is 4.94. The highest BCUT2D eigenvalue weighted by atomic mass is 14.5. The molecule has 0 aromatic carbocycles. The molecule has 4 unspecified atom stereocenters. The van der Waals surface area contributed by atoms with E-state index in [9.17, 15) is 0 Å². The van der Waals surface area contributed by atoms with Crippen molar-refractivity contribution in [2.75, 3.05) is 0 Å². The smallest absolute Gasteiger partial charge is 0.0197 e. The van der Waals surface area contributed by atoms with Crippen LogP contribution in [0.4, 0.5) is 0 Å². The molecule has 0 aromatic heterocycles. The van der Waals surface area contributed by atoms with Crippen LogP contribution in [0.15, 0.2) is 12.2 Å². The van der Waals surface area contributed by atoms with Gasteiger partial charge in [0.25, 0.3) is 0 Å². The van der Waals surface area contributed by atoms with Gasteiger partial charge in [-0.05, 0) is 42.9 Å². The molecule has 3 aliphatic carbocycles. The van der Waals surface area contributed by atoms with Gasteiger partial charge in [0.15, 0.2) is 0 Å². The third-order valence-corrected chi connectivity index (χ3v) is 4.43. The van der Waals surface area contributed by atoms with Crippen LogP contribution in [0.3, 0.4) is 0 Å². The highest BCUT2D eigenvalue weighted by molar-refractivity contribution is 5.09. The molecule has 4 atom stereocenters. The van der Waals surface area contributed by atoms with Crippen LogP contribution >= 0.6 is 0 Å². The molecule has 2 fully saturated rings. The van der Waals surface area contributed by atoms with Crippen molar-refractivity contribution in [1.29, 1.82) is 0 Å². The predicted molar refractivity (Wildman–Crippen MR) is 50.8 cm³/mol. The molecule has 0 radical (unpaired) electrons. The first-order chi connectivity index (χ1) is 5.95. The molecule has 0 aromatic rings. The third-order valence-electron chi connectivity index (χ3n) is 4.43. The van der Waals surface area contributed by atoms with E-state index in [-0.39, 0.29) is 0 Å². The van der Waals surface area contributed by atoms with Gasteiger partial charge >= 0.3 is 0 Å². The molecule has 66 valence electrons. The third kappa shape index (κ3) is 0.901. The van der Waals surface area contributed by atoms with Crippen LogP contribution in [-0.4, -0.2) is 0 Å². The average Bonchev–Trinajstić information content (AvgIpc) is 2.62. The van der Waals surface area contributed by atoms with Crippen molar-refractivity contribution in [2.45, 2.75) is 38.5 Å². The molecule has 0 bridgehead atoms. The maximum Gasteiger partial charge on any atom is -0.0197 e. The van der Waals surface area contributed by atoms with Crippen LogP contribution in [0.2, 0.25) is 0 Å². The summed E-state index contributed by atoms with van der Waals surface area (Å²) in [7, 11) is 0. The second kappa shape index (κ2) is 2.61. The fourth-order valence-corrected chi connectivity index (χ4v) is 3.92. The number of fused-ring (bicyclic) bond motifs is 3. The van der Waals surface area contributed by atoms with Crippen molar-refractivity contribution in [3.63, 3.8) is 0 Å². The number of hydrogen-bond acceptors (Lipinski definition) is 0. The summed E-state index contributed by atoms with van der Waals surface area (Å²) in [5.74, 6) is 4.32. The van der Waals surface area contributed by atoms with Crippen LogP contribution in [0, 0.1) is 23.7 Å². The van der Waals surface area contributed by atoms with Crippen molar-refractivity contribution in [1.82, 2.24) is 0 Å². The quantitative estimate of drug-likeness (QED) is 0.479. The van der Waals surface area contributed by atoms with Crippen LogP contribution in [0.25, 0.3) is 0 Å². The molecule has 12 heavy (non-hydrogen) atoms. The topological polar surface area (TPSA) is 0 Å². The Bertz CT molecular complexity index is 204. The molecule has 0 nitrogen and oxygen atoms in total. The van der Waals surface area contributed by atoms with E-state index >= 15 is 0 Å². The Labute approximate surface area is 75.0 Å². The summed E-state index contributed by atoms with van der Waals surface area (Å²) in [6, 6.07) is 0. The maximum absolute atomic E-state index is 2.50. The van der Waals surface area contributed by atoms with Crippen molar-refractivity contribution in [2.24, 2.45) is 23.7 Å². The molecular weight excluding hydrogens is 144 g/mol. The summed E-state index contributed by atoms with van der Waals surface area (Å²) in [6.45, 7) is 0. The Hall–Kier alpha value is -0.260. The van der Waals surface area contributed by atoms with Gasteiger partial charge in [-0.1, -0.05) is 31.4 Å². The fourth-order valence-electron chi connectivity index (χ4n) is 3.92. The Balaban J connectivity index is 1.82. The van der Waals surface area contributed by atoms with Gasteiger partial charge in [0.2, 0.25) is 0 Å². The van der Waals surface area contributed by atoms with Gasteiger partial charge < -0.3 is 0 Å². The predicted octanol–water partition coefficient (Wildman–Crippen LogP) is 3.39. The Morgan fingerprint density at radius 1 is 1.00 bits per heavy atom. The number of hydrogen-bond donors (Lipinski definition) is 0. The summed E-state index contributed by atoms with van der Waals surface area (Å²) in [6.07, 6.45) is 14.0. The van der Waals surface area contributed by atoms with E-state index in [2.05, 4.69) is 12.2 Å². The van der Waals surface area contributed by atoms with Gasteiger partial charge in [-0.3, -0.25) is 0 Å². The van der Waals surface area contributed by atoms with Crippen LogP contribution in [0.1, 0.15) is 38.5 Å². The molecule has 0 saturated heterocycles. The Morgan fingerprint density at radius 3 is 2.92 bits per heavy atom. The zero-order valence-corrected chi connectivity index (χ0v) is 7.71. The molecular formula is C12H18. The highest BCUT2D eigenvalue weighted by Crippen LogP contribution is 2.52. The first-order valence-electron chi connectivity index (χ1n) is 5.62. The van der Waals surface area contributed by atoms with E-state index in [0.29, 0.717) is 0 Å². The second-order valence-corrected chi connectivity index (χ2v) is 4.94. The molecule has 0 heteroatoms. The largest absolute Gasteiger partial charge is 0.0879 e. The summed E-state index contributed by atoms with van der Waals surface area (Å²) in [5, 5.41) is 0. The van der Waals surface area contributed by atoms with Gasteiger partial charge in [-0.25, -0.2) is 0 Å². The van der Waals surface area contributed by atoms with E-state index < -0.39 is 0 Å². The minimum absolute atomic E-state index is 0.998. The maximum atomic E-state index is 2.50. The average molecular weight is 162 g/mol. The van der Waals surface area contributed by atoms with E-state index in [1.807, 2.05) is 0 Å². The molecule has 0 amide bonds. The molecule has 3 rings (SSSR count).